The largest absolute Gasteiger partial charge is 0.389 e. The fraction of sp³-hybridized carbons (Fsp3) is 0.167. The van der Waals surface area contributed by atoms with Gasteiger partial charge in [0, 0.05) is 18.0 Å². The zero-order chi connectivity index (χ0) is 14.0. The van der Waals surface area contributed by atoms with Crippen molar-refractivity contribution in [2.75, 3.05) is 11.9 Å². The van der Waals surface area contributed by atoms with Gasteiger partial charge in [-0.1, -0.05) is 12.2 Å². The normalized spacial score (nSPS) is 10.5. The minimum atomic E-state index is -0.694. The first kappa shape index (κ1) is 13.8. The van der Waals surface area contributed by atoms with E-state index >= 15 is 0 Å². The van der Waals surface area contributed by atoms with Gasteiger partial charge in [0.25, 0.3) is 0 Å². The number of aromatic nitrogens is 1. The second kappa shape index (κ2) is 5.58. The van der Waals surface area contributed by atoms with Crippen LogP contribution in [-0.2, 0) is 6.54 Å². The third kappa shape index (κ3) is 3.05. The van der Waals surface area contributed by atoms with Crippen LogP contribution in [0.15, 0.2) is 23.0 Å². The van der Waals surface area contributed by atoms with E-state index in [2.05, 4.69) is 4.98 Å². The summed E-state index contributed by atoms with van der Waals surface area (Å²) < 4.78 is 27.9. The lowest BCUT2D eigenvalue weighted by Gasteiger charge is -2.20. The number of benzene rings is 1. The highest BCUT2D eigenvalue weighted by atomic mass is 32.1. The summed E-state index contributed by atoms with van der Waals surface area (Å²) in [6, 6.07) is 2.27. The number of hydrogen-bond donors (Lipinski definition) is 1. The molecular weight excluding hydrogens is 288 g/mol. The van der Waals surface area contributed by atoms with Crippen LogP contribution < -0.4 is 10.6 Å². The van der Waals surface area contributed by atoms with Crippen molar-refractivity contribution in [3.05, 3.63) is 45.9 Å². The van der Waals surface area contributed by atoms with Crippen molar-refractivity contribution in [2.45, 2.75) is 6.54 Å². The number of thiocarbonyl (C=S) groups is 1. The molecule has 3 nitrogen and oxygen atoms in total. The zero-order valence-electron chi connectivity index (χ0n) is 10.1. The highest BCUT2D eigenvalue weighted by molar-refractivity contribution is 7.80. The number of nitrogens with zero attached hydrogens (tertiary/aromatic N) is 2. The van der Waals surface area contributed by atoms with Gasteiger partial charge in [-0.2, -0.15) is 0 Å². The van der Waals surface area contributed by atoms with E-state index in [0.29, 0.717) is 6.54 Å². The van der Waals surface area contributed by atoms with E-state index < -0.39 is 11.6 Å². The Labute approximate surface area is 118 Å². The molecule has 0 aliphatic rings. The zero-order valence-corrected chi connectivity index (χ0v) is 11.7. The molecular formula is C12H11F2N3S2. The molecule has 1 heterocycles. The number of anilines is 1. The highest BCUT2D eigenvalue weighted by Crippen LogP contribution is 2.25. The van der Waals surface area contributed by atoms with Crippen molar-refractivity contribution in [1.29, 1.82) is 0 Å². The third-order valence-electron chi connectivity index (χ3n) is 2.57. The van der Waals surface area contributed by atoms with Gasteiger partial charge < -0.3 is 10.6 Å². The van der Waals surface area contributed by atoms with Gasteiger partial charge in [-0.3, -0.25) is 0 Å². The van der Waals surface area contributed by atoms with Crippen LogP contribution in [0.5, 0.6) is 0 Å². The summed E-state index contributed by atoms with van der Waals surface area (Å²) in [5.74, 6) is -1.39. The van der Waals surface area contributed by atoms with Crippen LogP contribution in [0.2, 0.25) is 0 Å². The molecule has 1 aromatic carbocycles. The van der Waals surface area contributed by atoms with Crippen molar-refractivity contribution >= 4 is 34.2 Å². The molecule has 0 saturated carbocycles. The van der Waals surface area contributed by atoms with Crippen LogP contribution in [0.4, 0.5) is 14.5 Å². The molecule has 100 valence electrons. The fourth-order valence-electron chi connectivity index (χ4n) is 1.71. The fourth-order valence-corrected chi connectivity index (χ4v) is 2.38. The van der Waals surface area contributed by atoms with Crippen molar-refractivity contribution in [3.63, 3.8) is 0 Å². The Morgan fingerprint density at radius 3 is 2.53 bits per heavy atom. The molecule has 0 saturated heterocycles. The molecule has 0 atom stereocenters. The van der Waals surface area contributed by atoms with Gasteiger partial charge in [-0.15, -0.1) is 11.3 Å². The monoisotopic (exact) mass is 299 g/mol. The number of nitrogens with two attached hydrogens (primary N) is 1. The standard InChI is InChI=1S/C12H11F2N3S2/c1-17(4-8-5-19-6-16-8)11-9(13)2-7(12(15)18)3-10(11)14/h2-3,5-6H,4H2,1H3,(H2,15,18). The maximum absolute atomic E-state index is 13.9. The molecule has 7 heteroatoms. The van der Waals surface area contributed by atoms with E-state index in [0.717, 1.165) is 17.8 Å². The molecule has 2 aromatic rings. The minimum absolute atomic E-state index is 0.0356. The summed E-state index contributed by atoms with van der Waals surface area (Å²) in [6.07, 6.45) is 0. The van der Waals surface area contributed by atoms with Crippen LogP contribution in [0, 0.1) is 11.6 Å². The summed E-state index contributed by atoms with van der Waals surface area (Å²) in [5.41, 5.74) is 7.85. The van der Waals surface area contributed by atoms with E-state index in [1.165, 1.54) is 16.2 Å². The van der Waals surface area contributed by atoms with E-state index in [1.54, 1.807) is 12.6 Å². The van der Waals surface area contributed by atoms with Gasteiger partial charge >= 0.3 is 0 Å². The average molecular weight is 299 g/mol. The van der Waals surface area contributed by atoms with Crippen LogP contribution in [0.3, 0.4) is 0 Å². The van der Waals surface area contributed by atoms with Gasteiger partial charge in [0.05, 0.1) is 17.7 Å². The Hall–Kier alpha value is -1.60. The molecule has 2 N–H and O–H groups in total. The Bertz CT molecular complexity index is 576. The number of halogens is 2. The van der Waals surface area contributed by atoms with Crippen molar-refractivity contribution in [1.82, 2.24) is 4.98 Å². The molecule has 0 spiro atoms. The maximum atomic E-state index is 13.9. The number of rotatable bonds is 4. The van der Waals surface area contributed by atoms with Gasteiger partial charge in [0.15, 0.2) is 0 Å². The molecule has 0 radical (unpaired) electrons. The van der Waals surface area contributed by atoms with Crippen molar-refractivity contribution < 1.29 is 8.78 Å². The Balaban J connectivity index is 2.31. The predicted octanol–water partition coefficient (Wildman–Crippen LogP) is 2.69. The lowest BCUT2D eigenvalue weighted by Crippen LogP contribution is -2.20. The minimum Gasteiger partial charge on any atom is -0.389 e. The van der Waals surface area contributed by atoms with E-state index in [1.807, 2.05) is 5.38 Å². The van der Waals surface area contributed by atoms with Crippen LogP contribution >= 0.6 is 23.6 Å². The quantitative estimate of drug-likeness (QED) is 0.882. The first-order chi connectivity index (χ1) is 8.99. The average Bonchev–Trinajstić information content (AvgIpc) is 2.80. The lowest BCUT2D eigenvalue weighted by molar-refractivity contribution is 0.575. The number of hydrogen-bond acceptors (Lipinski definition) is 4. The van der Waals surface area contributed by atoms with Gasteiger partial charge in [-0.25, -0.2) is 13.8 Å². The maximum Gasteiger partial charge on any atom is 0.150 e. The molecule has 0 aliphatic carbocycles. The van der Waals surface area contributed by atoms with E-state index in [-0.39, 0.29) is 16.2 Å². The Kier molecular flexibility index (Phi) is 4.06. The second-order valence-corrected chi connectivity index (χ2v) is 5.15. The Morgan fingerprint density at radius 1 is 1.42 bits per heavy atom. The molecule has 0 unspecified atom stereocenters. The first-order valence-corrected chi connectivity index (χ1v) is 6.71. The summed E-state index contributed by atoms with van der Waals surface area (Å²) in [7, 11) is 1.60. The van der Waals surface area contributed by atoms with Crippen molar-refractivity contribution in [3.8, 4) is 0 Å². The van der Waals surface area contributed by atoms with Gasteiger partial charge in [0.1, 0.15) is 22.3 Å². The van der Waals surface area contributed by atoms with Gasteiger partial charge in [-0.05, 0) is 12.1 Å². The predicted molar refractivity (Wildman–Crippen MR) is 76.5 cm³/mol. The van der Waals surface area contributed by atoms with Crippen LogP contribution in [0.1, 0.15) is 11.3 Å². The summed E-state index contributed by atoms with van der Waals surface area (Å²) in [4.78, 5) is 5.50. The molecule has 2 rings (SSSR count). The Morgan fingerprint density at radius 2 is 2.05 bits per heavy atom. The summed E-state index contributed by atoms with van der Waals surface area (Å²) in [6.45, 7) is 0.323. The summed E-state index contributed by atoms with van der Waals surface area (Å²) >= 11 is 6.14. The lowest BCUT2D eigenvalue weighted by atomic mass is 10.1. The van der Waals surface area contributed by atoms with E-state index in [9.17, 15) is 8.78 Å². The second-order valence-electron chi connectivity index (χ2n) is 3.99. The molecule has 0 fully saturated rings. The van der Waals surface area contributed by atoms with Crippen LogP contribution in [0.25, 0.3) is 0 Å². The summed E-state index contributed by atoms with van der Waals surface area (Å²) in [5, 5.41) is 1.83. The topological polar surface area (TPSA) is 42.2 Å². The number of thiazole rings is 1. The molecule has 0 amide bonds. The first-order valence-electron chi connectivity index (χ1n) is 5.36. The van der Waals surface area contributed by atoms with Crippen molar-refractivity contribution in [2.24, 2.45) is 5.73 Å². The van der Waals surface area contributed by atoms with Crippen LogP contribution in [-0.4, -0.2) is 17.0 Å². The molecule has 0 bridgehead atoms. The highest BCUT2D eigenvalue weighted by Gasteiger charge is 2.16. The molecule has 19 heavy (non-hydrogen) atoms. The smallest absolute Gasteiger partial charge is 0.150 e. The molecule has 1 aromatic heterocycles. The SMILES string of the molecule is CN(Cc1cscn1)c1c(F)cc(C(N)=S)cc1F. The van der Waals surface area contributed by atoms with Gasteiger partial charge in [0.2, 0.25) is 0 Å². The third-order valence-corrected chi connectivity index (χ3v) is 3.44. The molecule has 0 aliphatic heterocycles. The van der Waals surface area contributed by atoms with E-state index in [4.69, 9.17) is 18.0 Å².